The molecule has 1 fully saturated rings. The van der Waals surface area contributed by atoms with E-state index in [1.165, 1.54) is 49.6 Å². The molecule has 0 heterocycles. The van der Waals surface area contributed by atoms with Gasteiger partial charge < -0.3 is 5.32 Å². The van der Waals surface area contributed by atoms with Gasteiger partial charge in [-0.3, -0.25) is 0 Å². The van der Waals surface area contributed by atoms with Crippen LogP contribution in [-0.2, 0) is 0 Å². The Hall–Kier alpha value is -0.610. The fourth-order valence-electron chi connectivity index (χ4n) is 2.75. The maximum atomic E-state index is 13.6. The van der Waals surface area contributed by atoms with Gasteiger partial charge in [0.2, 0.25) is 0 Å². The molecule has 1 aliphatic rings. The van der Waals surface area contributed by atoms with Crippen LogP contribution in [-0.4, -0.2) is 18.3 Å². The molecule has 4 heteroatoms. The summed E-state index contributed by atoms with van der Waals surface area (Å²) >= 11 is 1.42. The molecule has 1 saturated carbocycles. The highest BCUT2D eigenvalue weighted by Crippen LogP contribution is 2.31. The molecule has 0 saturated heterocycles. The summed E-state index contributed by atoms with van der Waals surface area (Å²) in [6, 6.07) is 4.06. The van der Waals surface area contributed by atoms with Gasteiger partial charge in [0.05, 0.1) is 0 Å². The van der Waals surface area contributed by atoms with E-state index in [1.807, 2.05) is 0 Å². The molecule has 0 bridgehead atoms. The third-order valence-electron chi connectivity index (χ3n) is 3.75. The Balaban J connectivity index is 1.95. The lowest BCUT2D eigenvalue weighted by atomic mass is 10.00. The minimum absolute atomic E-state index is 0.326. The second-order valence-electron chi connectivity index (χ2n) is 5.09. The van der Waals surface area contributed by atoms with Gasteiger partial charge in [-0.2, -0.15) is 0 Å². The largest absolute Gasteiger partial charge is 0.313 e. The number of thioether (sulfide) groups is 1. The summed E-state index contributed by atoms with van der Waals surface area (Å²) in [5.41, 5.74) is 0. The number of benzene rings is 1. The van der Waals surface area contributed by atoms with Gasteiger partial charge in [0, 0.05) is 16.7 Å². The predicted molar refractivity (Wildman–Crippen MR) is 76.5 cm³/mol. The molecular weight excluding hydrogens is 264 g/mol. The van der Waals surface area contributed by atoms with Crippen molar-refractivity contribution in [3.8, 4) is 0 Å². The summed E-state index contributed by atoms with van der Waals surface area (Å²) < 4.78 is 26.7. The van der Waals surface area contributed by atoms with Crippen LogP contribution in [0.15, 0.2) is 23.1 Å². The van der Waals surface area contributed by atoms with E-state index in [4.69, 9.17) is 0 Å². The zero-order valence-electron chi connectivity index (χ0n) is 11.3. The van der Waals surface area contributed by atoms with Crippen molar-refractivity contribution in [3.63, 3.8) is 0 Å². The van der Waals surface area contributed by atoms with E-state index in [-0.39, 0.29) is 11.6 Å². The molecule has 1 atom stereocenters. The zero-order valence-corrected chi connectivity index (χ0v) is 12.1. The van der Waals surface area contributed by atoms with Crippen LogP contribution in [0.25, 0.3) is 0 Å². The van der Waals surface area contributed by atoms with Crippen LogP contribution < -0.4 is 5.32 Å². The number of nitrogens with one attached hydrogen (secondary N) is 1. The van der Waals surface area contributed by atoms with Gasteiger partial charge >= 0.3 is 0 Å². The molecule has 0 amide bonds. The van der Waals surface area contributed by atoms with Crippen LogP contribution >= 0.6 is 11.8 Å². The molecule has 0 spiro atoms. The lowest BCUT2D eigenvalue weighted by Crippen LogP contribution is -2.37. The van der Waals surface area contributed by atoms with E-state index in [2.05, 4.69) is 12.2 Å². The highest BCUT2D eigenvalue weighted by Gasteiger charge is 2.24. The van der Waals surface area contributed by atoms with Crippen molar-refractivity contribution in [2.75, 3.05) is 12.3 Å². The van der Waals surface area contributed by atoms with Crippen molar-refractivity contribution in [3.05, 3.63) is 29.8 Å². The van der Waals surface area contributed by atoms with Crippen molar-refractivity contribution in [1.82, 2.24) is 5.32 Å². The molecule has 1 unspecified atom stereocenters. The lowest BCUT2D eigenvalue weighted by Gasteiger charge is -2.24. The Morgan fingerprint density at radius 1 is 1.32 bits per heavy atom. The van der Waals surface area contributed by atoms with Crippen molar-refractivity contribution in [2.24, 2.45) is 5.92 Å². The van der Waals surface area contributed by atoms with Gasteiger partial charge in [-0.1, -0.05) is 19.8 Å². The number of halogens is 2. The topological polar surface area (TPSA) is 12.0 Å². The number of hydrogen-bond donors (Lipinski definition) is 1. The standard InChI is InChI=1S/C15H21F2NS/c1-2-18-14(11-5-3-4-6-11)10-19-15-9-12(16)7-8-13(15)17/h7-9,11,14,18H,2-6,10H2,1H3. The van der Waals surface area contributed by atoms with E-state index >= 15 is 0 Å². The molecule has 0 aliphatic heterocycles. The first kappa shape index (κ1) is 14.8. The monoisotopic (exact) mass is 285 g/mol. The summed E-state index contributed by atoms with van der Waals surface area (Å²) in [5, 5.41) is 3.49. The molecule has 19 heavy (non-hydrogen) atoms. The van der Waals surface area contributed by atoms with Gasteiger partial charge in [0.15, 0.2) is 0 Å². The van der Waals surface area contributed by atoms with Crippen LogP contribution in [0.2, 0.25) is 0 Å². The summed E-state index contributed by atoms with van der Waals surface area (Å²) in [6.45, 7) is 3.02. The van der Waals surface area contributed by atoms with Crippen molar-refractivity contribution in [1.29, 1.82) is 0 Å². The van der Waals surface area contributed by atoms with E-state index in [1.54, 1.807) is 0 Å². The number of hydrogen-bond acceptors (Lipinski definition) is 2. The second-order valence-corrected chi connectivity index (χ2v) is 6.16. The first-order valence-corrected chi connectivity index (χ1v) is 8.00. The first-order valence-electron chi connectivity index (χ1n) is 7.02. The van der Waals surface area contributed by atoms with Crippen LogP contribution in [0.1, 0.15) is 32.6 Å². The smallest absolute Gasteiger partial charge is 0.136 e. The molecule has 2 rings (SSSR count). The Bertz CT molecular complexity index is 405. The normalized spacial score (nSPS) is 17.8. The molecule has 106 valence electrons. The zero-order chi connectivity index (χ0) is 13.7. The molecule has 1 N–H and O–H groups in total. The molecular formula is C15H21F2NS. The molecule has 1 aromatic carbocycles. The Labute approximate surface area is 118 Å². The average molecular weight is 285 g/mol. The fraction of sp³-hybridized carbons (Fsp3) is 0.600. The van der Waals surface area contributed by atoms with Gasteiger partial charge in [-0.05, 0) is 43.5 Å². The highest BCUT2D eigenvalue weighted by molar-refractivity contribution is 7.99. The van der Waals surface area contributed by atoms with E-state index in [0.29, 0.717) is 16.9 Å². The van der Waals surface area contributed by atoms with Crippen LogP contribution in [0.3, 0.4) is 0 Å². The first-order chi connectivity index (χ1) is 9.20. The quantitative estimate of drug-likeness (QED) is 0.785. The Morgan fingerprint density at radius 3 is 2.74 bits per heavy atom. The minimum atomic E-state index is -0.371. The molecule has 0 radical (unpaired) electrons. The van der Waals surface area contributed by atoms with Crippen LogP contribution in [0.5, 0.6) is 0 Å². The van der Waals surface area contributed by atoms with Crippen molar-refractivity contribution in [2.45, 2.75) is 43.5 Å². The fourth-order valence-corrected chi connectivity index (χ4v) is 3.90. The molecule has 1 nitrogen and oxygen atoms in total. The van der Waals surface area contributed by atoms with Crippen LogP contribution in [0.4, 0.5) is 8.78 Å². The maximum Gasteiger partial charge on any atom is 0.136 e. The Morgan fingerprint density at radius 2 is 2.05 bits per heavy atom. The third kappa shape index (κ3) is 4.18. The summed E-state index contributed by atoms with van der Waals surface area (Å²) in [4.78, 5) is 0.418. The van der Waals surface area contributed by atoms with Gasteiger partial charge in [-0.25, -0.2) is 8.78 Å². The van der Waals surface area contributed by atoms with E-state index in [9.17, 15) is 8.78 Å². The van der Waals surface area contributed by atoms with Gasteiger partial charge in [0.1, 0.15) is 11.6 Å². The molecule has 1 aromatic rings. The highest BCUT2D eigenvalue weighted by atomic mass is 32.2. The number of rotatable bonds is 6. The lowest BCUT2D eigenvalue weighted by molar-refractivity contribution is 0.394. The third-order valence-corrected chi connectivity index (χ3v) is 4.90. The SMILES string of the molecule is CCNC(CSc1cc(F)ccc1F)C1CCCC1. The van der Waals surface area contributed by atoms with Gasteiger partial charge in [-0.15, -0.1) is 11.8 Å². The Kier molecular flexibility index (Phi) is 5.64. The van der Waals surface area contributed by atoms with Crippen molar-refractivity contribution >= 4 is 11.8 Å². The summed E-state index contributed by atoms with van der Waals surface area (Å²) in [6.07, 6.45) is 5.10. The predicted octanol–water partition coefficient (Wildman–Crippen LogP) is 4.23. The van der Waals surface area contributed by atoms with E-state index < -0.39 is 0 Å². The van der Waals surface area contributed by atoms with Gasteiger partial charge in [0.25, 0.3) is 0 Å². The maximum absolute atomic E-state index is 13.6. The molecule has 1 aliphatic carbocycles. The summed E-state index contributed by atoms with van der Waals surface area (Å²) in [5.74, 6) is 0.792. The minimum Gasteiger partial charge on any atom is -0.313 e. The van der Waals surface area contributed by atoms with Crippen LogP contribution in [0, 0.1) is 17.6 Å². The van der Waals surface area contributed by atoms with Crippen molar-refractivity contribution < 1.29 is 8.78 Å². The van der Waals surface area contributed by atoms with E-state index in [0.717, 1.165) is 18.4 Å². The second kappa shape index (κ2) is 7.25. The summed E-state index contributed by atoms with van der Waals surface area (Å²) in [7, 11) is 0. The average Bonchev–Trinajstić information content (AvgIpc) is 2.92. The molecule has 0 aromatic heterocycles.